The van der Waals surface area contributed by atoms with Crippen molar-refractivity contribution in [2.24, 2.45) is 7.05 Å². The first-order valence-electron chi connectivity index (χ1n) is 7.31. The minimum absolute atomic E-state index is 0.0205. The van der Waals surface area contributed by atoms with Crippen LogP contribution < -0.4 is 5.63 Å². The number of hydrogen-bond donors (Lipinski definition) is 1. The quantitative estimate of drug-likeness (QED) is 0.581. The molecule has 3 rings (SSSR count). The van der Waals surface area contributed by atoms with E-state index in [0.717, 1.165) is 0 Å². The van der Waals surface area contributed by atoms with Crippen molar-refractivity contribution in [3.05, 3.63) is 58.2 Å². The third kappa shape index (κ3) is 2.76. The molecule has 0 aliphatic carbocycles. The van der Waals surface area contributed by atoms with Crippen molar-refractivity contribution in [1.29, 1.82) is 0 Å². The second kappa shape index (κ2) is 6.19. The molecule has 2 heterocycles. The van der Waals surface area contributed by atoms with Gasteiger partial charge in [-0.05, 0) is 17.7 Å². The van der Waals surface area contributed by atoms with Crippen LogP contribution in [0.1, 0.15) is 23.5 Å². The van der Waals surface area contributed by atoms with E-state index in [4.69, 9.17) is 9.15 Å². The molecule has 0 aliphatic rings. The molecule has 24 heavy (non-hydrogen) atoms. The summed E-state index contributed by atoms with van der Waals surface area (Å²) >= 11 is 0. The molecule has 0 aliphatic heterocycles. The predicted molar refractivity (Wildman–Crippen MR) is 85.8 cm³/mol. The van der Waals surface area contributed by atoms with Crippen molar-refractivity contribution >= 4 is 16.9 Å². The molecular weight excluding hydrogens is 312 g/mol. The largest absolute Gasteiger partial charge is 0.507 e. The SMILES string of the molecule is COC(=O)CC(c1cnn(C)c1)c1c(O)c2ccccc2oc1=O. The number of ether oxygens (including phenoxy) is 1. The van der Waals surface area contributed by atoms with Crippen LogP contribution in [0.5, 0.6) is 5.75 Å². The smallest absolute Gasteiger partial charge is 0.343 e. The third-order valence-electron chi connectivity index (χ3n) is 3.89. The standard InChI is InChI=1S/C17H16N2O5/c1-19-9-10(8-18-19)12(7-14(20)23-2)15-16(21)11-5-3-4-6-13(11)24-17(15)22/h3-6,8-9,12,21H,7H2,1-2H3. The van der Waals surface area contributed by atoms with E-state index in [2.05, 4.69) is 5.10 Å². The highest BCUT2D eigenvalue weighted by molar-refractivity contribution is 5.84. The van der Waals surface area contributed by atoms with Gasteiger partial charge in [-0.25, -0.2) is 4.79 Å². The van der Waals surface area contributed by atoms with E-state index in [1.54, 1.807) is 48.4 Å². The number of esters is 1. The number of aromatic nitrogens is 2. The van der Waals surface area contributed by atoms with Gasteiger partial charge in [0.2, 0.25) is 0 Å². The van der Waals surface area contributed by atoms with Crippen molar-refractivity contribution in [3.8, 4) is 5.75 Å². The molecule has 1 atom stereocenters. The average molecular weight is 328 g/mol. The number of methoxy groups -OCH3 is 1. The van der Waals surface area contributed by atoms with E-state index in [1.165, 1.54) is 7.11 Å². The summed E-state index contributed by atoms with van der Waals surface area (Å²) in [5, 5.41) is 15.1. The molecule has 7 heteroatoms. The first-order chi connectivity index (χ1) is 11.5. The number of aromatic hydroxyl groups is 1. The number of hydrogen-bond acceptors (Lipinski definition) is 6. The monoisotopic (exact) mass is 328 g/mol. The van der Waals surface area contributed by atoms with Gasteiger partial charge in [-0.15, -0.1) is 0 Å². The van der Waals surface area contributed by atoms with Crippen molar-refractivity contribution in [2.45, 2.75) is 12.3 Å². The maximum absolute atomic E-state index is 12.4. The molecule has 0 saturated carbocycles. The molecule has 7 nitrogen and oxygen atoms in total. The summed E-state index contributed by atoms with van der Waals surface area (Å²) in [4.78, 5) is 24.2. The molecular formula is C17H16N2O5. The van der Waals surface area contributed by atoms with Gasteiger partial charge in [-0.2, -0.15) is 5.10 Å². The molecule has 1 unspecified atom stereocenters. The summed E-state index contributed by atoms with van der Waals surface area (Å²) in [7, 11) is 2.99. The van der Waals surface area contributed by atoms with Crippen LogP contribution >= 0.6 is 0 Å². The van der Waals surface area contributed by atoms with Crippen LogP contribution in [0.4, 0.5) is 0 Å². The summed E-state index contributed by atoms with van der Waals surface area (Å²) in [6, 6.07) is 6.68. The van der Waals surface area contributed by atoms with E-state index in [-0.39, 0.29) is 23.3 Å². The highest BCUT2D eigenvalue weighted by atomic mass is 16.5. The topological polar surface area (TPSA) is 94.6 Å². The molecule has 0 spiro atoms. The number of fused-ring (bicyclic) bond motifs is 1. The number of carbonyl (C=O) groups is 1. The van der Waals surface area contributed by atoms with E-state index < -0.39 is 17.5 Å². The van der Waals surface area contributed by atoms with Crippen LogP contribution in [0.2, 0.25) is 0 Å². The summed E-state index contributed by atoms with van der Waals surface area (Å²) in [6.45, 7) is 0. The fourth-order valence-corrected chi connectivity index (χ4v) is 2.71. The first-order valence-corrected chi connectivity index (χ1v) is 7.31. The summed E-state index contributed by atoms with van der Waals surface area (Å²) in [6.07, 6.45) is 3.11. The van der Waals surface area contributed by atoms with Crippen molar-refractivity contribution in [3.63, 3.8) is 0 Å². The highest BCUT2D eigenvalue weighted by Crippen LogP contribution is 2.35. The van der Waals surface area contributed by atoms with Gasteiger partial charge in [0.1, 0.15) is 11.3 Å². The summed E-state index contributed by atoms with van der Waals surface area (Å²) in [5.74, 6) is -1.41. The van der Waals surface area contributed by atoms with E-state index in [9.17, 15) is 14.7 Å². The van der Waals surface area contributed by atoms with Crippen LogP contribution in [0, 0.1) is 0 Å². The second-order valence-corrected chi connectivity index (χ2v) is 5.43. The Morgan fingerprint density at radius 3 is 2.83 bits per heavy atom. The van der Waals surface area contributed by atoms with Crippen LogP contribution in [-0.2, 0) is 16.6 Å². The Balaban J connectivity index is 2.22. The molecule has 124 valence electrons. The Kier molecular flexibility index (Phi) is 4.07. The van der Waals surface area contributed by atoms with Gasteiger partial charge in [-0.3, -0.25) is 9.48 Å². The number of benzene rings is 1. The van der Waals surface area contributed by atoms with Gasteiger partial charge in [0.05, 0.1) is 30.7 Å². The van der Waals surface area contributed by atoms with Gasteiger partial charge in [0.15, 0.2) is 0 Å². The van der Waals surface area contributed by atoms with Gasteiger partial charge < -0.3 is 14.3 Å². The van der Waals surface area contributed by atoms with Crippen molar-refractivity contribution < 1.29 is 19.1 Å². The summed E-state index contributed by atoms with van der Waals surface area (Å²) in [5.41, 5.74) is 0.226. The lowest BCUT2D eigenvalue weighted by molar-refractivity contribution is -0.140. The summed E-state index contributed by atoms with van der Waals surface area (Å²) < 4.78 is 11.6. The maximum atomic E-state index is 12.4. The van der Waals surface area contributed by atoms with Crippen LogP contribution in [-0.4, -0.2) is 28.0 Å². The first kappa shape index (κ1) is 15.8. The minimum atomic E-state index is -0.716. The van der Waals surface area contributed by atoms with Gasteiger partial charge in [0.25, 0.3) is 0 Å². The Labute approximate surface area is 137 Å². The van der Waals surface area contributed by atoms with Crippen LogP contribution in [0.25, 0.3) is 11.0 Å². The fourth-order valence-electron chi connectivity index (χ4n) is 2.71. The van der Waals surface area contributed by atoms with Crippen molar-refractivity contribution in [2.75, 3.05) is 7.11 Å². The Morgan fingerprint density at radius 1 is 1.42 bits per heavy atom. The number of rotatable bonds is 4. The molecule has 1 N–H and O–H groups in total. The van der Waals surface area contributed by atoms with Gasteiger partial charge in [0, 0.05) is 19.2 Å². The molecule has 0 bridgehead atoms. The third-order valence-corrected chi connectivity index (χ3v) is 3.89. The average Bonchev–Trinajstić information content (AvgIpc) is 3.00. The van der Waals surface area contributed by atoms with Crippen LogP contribution in [0.3, 0.4) is 0 Å². The van der Waals surface area contributed by atoms with Crippen molar-refractivity contribution in [1.82, 2.24) is 9.78 Å². The lowest BCUT2D eigenvalue weighted by atomic mass is 9.90. The Morgan fingerprint density at radius 2 is 2.17 bits per heavy atom. The molecule has 0 saturated heterocycles. The zero-order valence-corrected chi connectivity index (χ0v) is 13.2. The predicted octanol–water partition coefficient (Wildman–Crippen LogP) is 1.93. The van der Waals surface area contributed by atoms with E-state index >= 15 is 0 Å². The van der Waals surface area contributed by atoms with E-state index in [1.807, 2.05) is 0 Å². The Hall–Kier alpha value is -3.09. The lowest BCUT2D eigenvalue weighted by Crippen LogP contribution is -2.17. The highest BCUT2D eigenvalue weighted by Gasteiger charge is 2.28. The van der Waals surface area contributed by atoms with Crippen LogP contribution in [0.15, 0.2) is 45.9 Å². The number of aryl methyl sites for hydroxylation is 1. The van der Waals surface area contributed by atoms with Gasteiger partial charge >= 0.3 is 11.6 Å². The van der Waals surface area contributed by atoms with Gasteiger partial charge in [-0.1, -0.05) is 12.1 Å². The molecule has 2 aromatic heterocycles. The lowest BCUT2D eigenvalue weighted by Gasteiger charge is -2.15. The fraction of sp³-hybridized carbons (Fsp3) is 0.235. The zero-order valence-electron chi connectivity index (χ0n) is 13.2. The number of para-hydroxylation sites is 1. The molecule has 3 aromatic rings. The normalized spacial score (nSPS) is 12.2. The second-order valence-electron chi connectivity index (χ2n) is 5.43. The zero-order chi connectivity index (χ0) is 17.3. The maximum Gasteiger partial charge on any atom is 0.343 e. The van der Waals surface area contributed by atoms with E-state index in [0.29, 0.717) is 10.9 Å². The molecule has 1 aromatic carbocycles. The minimum Gasteiger partial charge on any atom is -0.507 e. The molecule has 0 radical (unpaired) electrons. The Bertz CT molecular complexity index is 957. The number of carbonyl (C=O) groups excluding carboxylic acids is 1. The molecule has 0 amide bonds. The molecule has 0 fully saturated rings. The number of nitrogens with zero attached hydrogens (tertiary/aromatic N) is 2.